The van der Waals surface area contributed by atoms with Gasteiger partial charge in [-0.2, -0.15) is 0 Å². The van der Waals surface area contributed by atoms with Gasteiger partial charge in [-0.25, -0.2) is 4.79 Å². The first-order chi connectivity index (χ1) is 16.2. The molecule has 33 heavy (non-hydrogen) atoms. The molecule has 0 N–H and O–H groups in total. The molecule has 0 amide bonds. The highest BCUT2D eigenvalue weighted by Crippen LogP contribution is 2.47. The summed E-state index contributed by atoms with van der Waals surface area (Å²) in [6.07, 6.45) is 0. The van der Waals surface area contributed by atoms with E-state index in [1.54, 1.807) is 0 Å². The summed E-state index contributed by atoms with van der Waals surface area (Å²) in [6.45, 7) is 0.312. The summed E-state index contributed by atoms with van der Waals surface area (Å²) >= 11 is 0. The number of para-hydroxylation sites is 1. The number of nitrogens with zero attached hydrogens (tertiary/aromatic N) is 1. The maximum atomic E-state index is 13.5. The average Bonchev–Trinajstić information content (AvgIpc) is 2.88. The van der Waals surface area contributed by atoms with Crippen LogP contribution in [0.3, 0.4) is 0 Å². The van der Waals surface area contributed by atoms with Crippen molar-refractivity contribution >= 4 is 22.1 Å². The van der Waals surface area contributed by atoms with Gasteiger partial charge in [0.15, 0.2) is 5.76 Å². The Hall–Kier alpha value is -4.31. The number of anilines is 2. The molecular formula is C29H21NO3. The average molecular weight is 431 g/mol. The molecule has 0 aliphatic carbocycles. The zero-order valence-electron chi connectivity index (χ0n) is 18.1. The van der Waals surface area contributed by atoms with Crippen molar-refractivity contribution in [2.24, 2.45) is 0 Å². The van der Waals surface area contributed by atoms with Crippen LogP contribution >= 0.6 is 0 Å². The lowest BCUT2D eigenvalue weighted by Gasteiger charge is -2.29. The van der Waals surface area contributed by atoms with Crippen molar-refractivity contribution in [1.82, 2.24) is 0 Å². The molecule has 4 nitrogen and oxygen atoms in total. The summed E-state index contributed by atoms with van der Waals surface area (Å²) in [5, 5.41) is 2.10. The summed E-state index contributed by atoms with van der Waals surface area (Å²) in [7, 11) is 1.98. The Morgan fingerprint density at radius 3 is 2.27 bits per heavy atom. The summed E-state index contributed by atoms with van der Waals surface area (Å²) in [5.41, 5.74) is 4.43. The van der Waals surface area contributed by atoms with Crippen LogP contribution in [-0.2, 0) is 6.61 Å². The number of ether oxygens (including phenoxy) is 1. The Kier molecular flexibility index (Phi) is 4.51. The number of fused-ring (bicyclic) bond motifs is 5. The highest BCUT2D eigenvalue weighted by molar-refractivity contribution is 5.97. The SMILES string of the molecule is CN(c1ccccc1)c1c2c(oc(=O)c1-c1ccccc1)-c1ccc3ccccc3c1OC2. The normalized spacial score (nSPS) is 12.0. The Morgan fingerprint density at radius 1 is 0.788 bits per heavy atom. The van der Waals surface area contributed by atoms with Gasteiger partial charge in [-0.3, -0.25) is 0 Å². The van der Waals surface area contributed by atoms with Crippen LogP contribution in [0, 0.1) is 0 Å². The molecule has 0 unspecified atom stereocenters. The van der Waals surface area contributed by atoms with Gasteiger partial charge in [-0.05, 0) is 29.1 Å². The van der Waals surface area contributed by atoms with Gasteiger partial charge >= 0.3 is 5.63 Å². The second-order valence-electron chi connectivity index (χ2n) is 8.13. The Morgan fingerprint density at radius 2 is 1.48 bits per heavy atom. The summed E-state index contributed by atoms with van der Waals surface area (Å²) in [5.74, 6) is 1.33. The topological polar surface area (TPSA) is 42.7 Å². The summed E-state index contributed by atoms with van der Waals surface area (Å²) in [6, 6.07) is 31.8. The van der Waals surface area contributed by atoms with E-state index in [0.717, 1.165) is 44.6 Å². The molecule has 0 fully saturated rings. The number of benzene rings is 4. The predicted octanol–water partition coefficient (Wildman–Crippen LogP) is 6.79. The Bertz CT molecular complexity index is 1540. The van der Waals surface area contributed by atoms with Crippen LogP contribution in [0.1, 0.15) is 5.56 Å². The van der Waals surface area contributed by atoms with Crippen LogP contribution in [0.25, 0.3) is 33.2 Å². The van der Waals surface area contributed by atoms with Crippen LogP contribution in [-0.4, -0.2) is 7.05 Å². The van der Waals surface area contributed by atoms with Crippen molar-refractivity contribution in [3.8, 4) is 28.2 Å². The van der Waals surface area contributed by atoms with Gasteiger partial charge in [0.05, 0.1) is 22.4 Å². The van der Waals surface area contributed by atoms with Crippen molar-refractivity contribution < 1.29 is 9.15 Å². The molecule has 4 heteroatoms. The van der Waals surface area contributed by atoms with Crippen LogP contribution in [0.15, 0.2) is 106 Å². The molecule has 6 rings (SSSR count). The third kappa shape index (κ3) is 3.11. The van der Waals surface area contributed by atoms with E-state index in [0.29, 0.717) is 17.9 Å². The summed E-state index contributed by atoms with van der Waals surface area (Å²) in [4.78, 5) is 15.5. The van der Waals surface area contributed by atoms with E-state index < -0.39 is 0 Å². The van der Waals surface area contributed by atoms with Gasteiger partial charge in [0.2, 0.25) is 0 Å². The fourth-order valence-corrected chi connectivity index (χ4v) is 4.64. The highest BCUT2D eigenvalue weighted by atomic mass is 16.5. The molecule has 4 aromatic carbocycles. The van der Waals surface area contributed by atoms with E-state index in [9.17, 15) is 4.79 Å². The van der Waals surface area contributed by atoms with E-state index >= 15 is 0 Å². The first kappa shape index (κ1) is 19.4. The Labute approximate surface area is 191 Å². The zero-order valence-corrected chi connectivity index (χ0v) is 18.1. The van der Waals surface area contributed by atoms with Gasteiger partial charge in [-0.1, -0.05) is 78.9 Å². The van der Waals surface area contributed by atoms with Crippen LogP contribution in [0.2, 0.25) is 0 Å². The molecule has 0 spiro atoms. The molecule has 1 aliphatic rings. The lowest BCUT2D eigenvalue weighted by Crippen LogP contribution is -2.21. The Balaban J connectivity index is 1.67. The van der Waals surface area contributed by atoms with Crippen molar-refractivity contribution in [3.05, 3.63) is 113 Å². The second kappa shape index (κ2) is 7.68. The maximum absolute atomic E-state index is 13.5. The minimum atomic E-state index is -0.362. The van der Waals surface area contributed by atoms with E-state index in [2.05, 4.69) is 6.07 Å². The van der Waals surface area contributed by atoms with E-state index in [-0.39, 0.29) is 5.63 Å². The van der Waals surface area contributed by atoms with Crippen molar-refractivity contribution in [3.63, 3.8) is 0 Å². The van der Waals surface area contributed by atoms with Crippen molar-refractivity contribution in [2.45, 2.75) is 6.61 Å². The quantitative estimate of drug-likeness (QED) is 0.315. The molecule has 160 valence electrons. The van der Waals surface area contributed by atoms with E-state index in [1.165, 1.54) is 0 Å². The van der Waals surface area contributed by atoms with Gasteiger partial charge in [0.25, 0.3) is 0 Å². The molecule has 0 bridgehead atoms. The number of hydrogen-bond donors (Lipinski definition) is 0. The fourth-order valence-electron chi connectivity index (χ4n) is 4.64. The van der Waals surface area contributed by atoms with Gasteiger partial charge in [0.1, 0.15) is 12.4 Å². The molecular weight excluding hydrogens is 410 g/mol. The first-order valence-electron chi connectivity index (χ1n) is 10.9. The number of hydrogen-bond acceptors (Lipinski definition) is 4. The van der Waals surface area contributed by atoms with Crippen LogP contribution in [0.4, 0.5) is 11.4 Å². The maximum Gasteiger partial charge on any atom is 0.346 e. The van der Waals surface area contributed by atoms with Gasteiger partial charge < -0.3 is 14.1 Å². The van der Waals surface area contributed by atoms with E-state index in [1.807, 2.05) is 103 Å². The smallest absolute Gasteiger partial charge is 0.346 e. The number of rotatable bonds is 3. The zero-order chi connectivity index (χ0) is 22.4. The minimum absolute atomic E-state index is 0.312. The molecule has 0 radical (unpaired) electrons. The lowest BCUT2D eigenvalue weighted by atomic mass is 9.95. The monoisotopic (exact) mass is 431 g/mol. The van der Waals surface area contributed by atoms with Crippen molar-refractivity contribution in [2.75, 3.05) is 11.9 Å². The molecule has 0 saturated heterocycles. The summed E-state index contributed by atoms with van der Waals surface area (Å²) < 4.78 is 12.4. The molecule has 1 aromatic heterocycles. The molecule has 1 aliphatic heterocycles. The fraction of sp³-hybridized carbons (Fsp3) is 0.0690. The molecule has 5 aromatic rings. The molecule has 2 heterocycles. The van der Waals surface area contributed by atoms with Gasteiger partial charge in [0, 0.05) is 18.1 Å². The third-order valence-corrected chi connectivity index (χ3v) is 6.22. The minimum Gasteiger partial charge on any atom is -0.487 e. The first-order valence-corrected chi connectivity index (χ1v) is 10.9. The largest absolute Gasteiger partial charge is 0.487 e. The van der Waals surface area contributed by atoms with Crippen LogP contribution in [0.5, 0.6) is 5.75 Å². The second-order valence-corrected chi connectivity index (χ2v) is 8.13. The van der Waals surface area contributed by atoms with Crippen LogP contribution < -0.4 is 15.3 Å². The molecule has 0 atom stereocenters. The van der Waals surface area contributed by atoms with Gasteiger partial charge in [-0.15, -0.1) is 0 Å². The highest BCUT2D eigenvalue weighted by Gasteiger charge is 2.30. The predicted molar refractivity (Wildman–Crippen MR) is 132 cm³/mol. The van der Waals surface area contributed by atoms with Crippen molar-refractivity contribution in [1.29, 1.82) is 0 Å². The molecule has 0 saturated carbocycles. The third-order valence-electron chi connectivity index (χ3n) is 6.22. The standard InChI is InChI=1S/C29H21NO3/c1-30(21-13-6-3-7-14-21)26-24-18-32-27-22-15-9-8-10-19(22)16-17-23(27)28(24)33-29(31)25(26)20-11-4-2-5-12-20/h2-17H,18H2,1H3. The van der Waals surface area contributed by atoms with E-state index in [4.69, 9.17) is 9.15 Å². The lowest BCUT2D eigenvalue weighted by molar-refractivity contribution is 0.298.